The topological polar surface area (TPSA) is 88.1 Å². The van der Waals surface area contributed by atoms with Crippen molar-refractivity contribution in [2.45, 2.75) is 6.42 Å². The van der Waals surface area contributed by atoms with E-state index >= 15 is 0 Å². The fourth-order valence-electron chi connectivity index (χ4n) is 5.06. The summed E-state index contributed by atoms with van der Waals surface area (Å²) < 4.78 is 24.6. The first-order valence-electron chi connectivity index (χ1n) is 14.1. The highest BCUT2D eigenvalue weighted by molar-refractivity contribution is 5.96. The highest BCUT2D eigenvalue weighted by Gasteiger charge is 2.26. The molecule has 0 aliphatic carbocycles. The number of aromatic nitrogens is 2. The molecule has 1 saturated heterocycles. The normalized spacial score (nSPS) is 13.0. The lowest BCUT2D eigenvalue weighted by Crippen LogP contribution is -2.52. The molecule has 0 bridgehead atoms. The van der Waals surface area contributed by atoms with Crippen LogP contribution in [0.2, 0.25) is 0 Å². The number of carbonyl (C=O) groups is 2. The fourth-order valence-corrected chi connectivity index (χ4v) is 5.06. The molecule has 10 heteroatoms. The van der Waals surface area contributed by atoms with Crippen LogP contribution in [0.1, 0.15) is 15.9 Å². The Labute approximate surface area is 250 Å². The summed E-state index contributed by atoms with van der Waals surface area (Å²) in [6.07, 6.45) is 0.584. The number of hydrogen-bond acceptors (Lipinski definition) is 7. The smallest absolute Gasteiger partial charge is 0.254 e. The lowest BCUT2D eigenvalue weighted by atomic mass is 10.1. The predicted octanol–water partition coefficient (Wildman–Crippen LogP) is 4.33. The third-order valence-corrected chi connectivity index (χ3v) is 7.48. The zero-order valence-corrected chi connectivity index (χ0v) is 24.3. The number of rotatable bonds is 10. The van der Waals surface area contributed by atoms with Gasteiger partial charge in [0, 0.05) is 43.9 Å². The number of ether oxygens (including phenoxy) is 2. The van der Waals surface area contributed by atoms with E-state index in [1.54, 1.807) is 25.2 Å². The Bertz CT molecular complexity index is 1540. The van der Waals surface area contributed by atoms with Crippen molar-refractivity contribution in [2.75, 3.05) is 58.4 Å². The van der Waals surface area contributed by atoms with Gasteiger partial charge in [-0.2, -0.15) is 0 Å². The van der Waals surface area contributed by atoms with Crippen molar-refractivity contribution in [3.05, 3.63) is 102 Å². The van der Waals surface area contributed by atoms with Crippen molar-refractivity contribution < 1.29 is 23.5 Å². The van der Waals surface area contributed by atoms with Gasteiger partial charge in [0.25, 0.3) is 5.91 Å². The van der Waals surface area contributed by atoms with E-state index in [9.17, 15) is 14.0 Å². The number of benzene rings is 3. The van der Waals surface area contributed by atoms with E-state index in [1.165, 1.54) is 23.1 Å². The summed E-state index contributed by atoms with van der Waals surface area (Å²) in [6, 6.07) is 24.8. The molecule has 1 aliphatic heterocycles. The van der Waals surface area contributed by atoms with Gasteiger partial charge in [-0.3, -0.25) is 9.59 Å². The summed E-state index contributed by atoms with van der Waals surface area (Å²) in [5.41, 5.74) is 2.84. The average molecular weight is 584 g/mol. The molecule has 3 aromatic carbocycles. The van der Waals surface area contributed by atoms with Gasteiger partial charge in [-0.15, -0.1) is 10.2 Å². The van der Waals surface area contributed by atoms with Crippen LogP contribution in [-0.4, -0.2) is 85.3 Å². The fraction of sp³-hybridized carbons (Fsp3) is 0.273. The molecule has 5 rings (SSSR count). The second-order valence-electron chi connectivity index (χ2n) is 10.2. The SMILES string of the molecule is COc1ccc(-c2ccc(N3CCN(C(=O)CN(CCc4ccccc4)C(=O)c4cccc(F)c4)CC3)nn2)cc1OC. The number of amides is 2. The minimum Gasteiger partial charge on any atom is -0.493 e. The molecule has 0 N–H and O–H groups in total. The maximum atomic E-state index is 13.9. The van der Waals surface area contributed by atoms with Crippen LogP contribution in [0.5, 0.6) is 11.5 Å². The van der Waals surface area contributed by atoms with E-state index in [0.717, 1.165) is 16.9 Å². The number of nitrogens with zero attached hydrogens (tertiary/aromatic N) is 5. The Balaban J connectivity index is 1.20. The third kappa shape index (κ3) is 7.27. The highest BCUT2D eigenvalue weighted by atomic mass is 19.1. The standard InChI is InChI=1S/C33H34FN5O4/c1-42-29-13-11-25(22-30(29)43-2)28-12-14-31(36-35-28)37-17-19-38(20-18-37)32(40)23-39(16-15-24-7-4-3-5-8-24)33(41)26-9-6-10-27(34)21-26/h3-14,21-22H,15-20,23H2,1-2H3. The molecule has 2 heterocycles. The van der Waals surface area contributed by atoms with Gasteiger partial charge >= 0.3 is 0 Å². The summed E-state index contributed by atoms with van der Waals surface area (Å²) in [7, 11) is 3.18. The number of piperazine rings is 1. The highest BCUT2D eigenvalue weighted by Crippen LogP contribution is 2.31. The lowest BCUT2D eigenvalue weighted by Gasteiger charge is -2.36. The van der Waals surface area contributed by atoms with Crippen LogP contribution in [0.4, 0.5) is 10.2 Å². The molecule has 43 heavy (non-hydrogen) atoms. The number of methoxy groups -OCH3 is 2. The Kier molecular flexibility index (Phi) is 9.46. The molecule has 0 spiro atoms. The lowest BCUT2D eigenvalue weighted by molar-refractivity contribution is -0.132. The van der Waals surface area contributed by atoms with Crippen LogP contribution in [0, 0.1) is 5.82 Å². The Morgan fingerprint density at radius 1 is 0.837 bits per heavy atom. The monoisotopic (exact) mass is 583 g/mol. The molecular formula is C33H34FN5O4. The zero-order valence-electron chi connectivity index (χ0n) is 24.3. The summed E-state index contributed by atoms with van der Waals surface area (Å²) in [4.78, 5) is 32.0. The first kappa shape index (κ1) is 29.5. The molecule has 0 saturated carbocycles. The first-order valence-corrected chi connectivity index (χ1v) is 14.1. The number of anilines is 1. The third-order valence-electron chi connectivity index (χ3n) is 7.48. The quantitative estimate of drug-likeness (QED) is 0.275. The predicted molar refractivity (Wildman–Crippen MR) is 162 cm³/mol. The van der Waals surface area contributed by atoms with Crippen LogP contribution in [0.3, 0.4) is 0 Å². The van der Waals surface area contributed by atoms with Crippen molar-refractivity contribution in [1.29, 1.82) is 0 Å². The average Bonchev–Trinajstić information content (AvgIpc) is 3.06. The van der Waals surface area contributed by atoms with E-state index in [4.69, 9.17) is 9.47 Å². The molecular weight excluding hydrogens is 549 g/mol. The van der Waals surface area contributed by atoms with Gasteiger partial charge in [0.1, 0.15) is 12.4 Å². The van der Waals surface area contributed by atoms with Gasteiger partial charge < -0.3 is 24.2 Å². The van der Waals surface area contributed by atoms with Gasteiger partial charge in [-0.25, -0.2) is 4.39 Å². The van der Waals surface area contributed by atoms with Gasteiger partial charge in [0.15, 0.2) is 17.3 Å². The second kappa shape index (κ2) is 13.8. The van der Waals surface area contributed by atoms with Crippen LogP contribution < -0.4 is 14.4 Å². The molecule has 1 aliphatic rings. The van der Waals surface area contributed by atoms with E-state index in [-0.39, 0.29) is 23.9 Å². The first-order chi connectivity index (χ1) is 20.9. The van der Waals surface area contributed by atoms with E-state index in [2.05, 4.69) is 15.1 Å². The second-order valence-corrected chi connectivity index (χ2v) is 10.2. The Morgan fingerprint density at radius 3 is 2.28 bits per heavy atom. The van der Waals surface area contributed by atoms with Gasteiger partial charge in [-0.05, 0) is 60.5 Å². The number of hydrogen-bond donors (Lipinski definition) is 0. The summed E-state index contributed by atoms with van der Waals surface area (Å²) in [5.74, 6) is 0.974. The van der Waals surface area contributed by atoms with Crippen molar-refractivity contribution in [3.63, 3.8) is 0 Å². The summed E-state index contributed by atoms with van der Waals surface area (Å²) >= 11 is 0. The maximum Gasteiger partial charge on any atom is 0.254 e. The molecule has 0 atom stereocenters. The minimum atomic E-state index is -0.490. The summed E-state index contributed by atoms with van der Waals surface area (Å²) in [6.45, 7) is 2.39. The Hall–Kier alpha value is -4.99. The van der Waals surface area contributed by atoms with Crippen LogP contribution in [-0.2, 0) is 11.2 Å². The molecule has 1 aromatic heterocycles. The van der Waals surface area contributed by atoms with Crippen molar-refractivity contribution in [2.24, 2.45) is 0 Å². The zero-order chi connectivity index (χ0) is 30.2. The van der Waals surface area contributed by atoms with Gasteiger partial charge in [0.05, 0.1) is 19.9 Å². The Morgan fingerprint density at radius 2 is 1.60 bits per heavy atom. The number of carbonyl (C=O) groups excluding carboxylic acids is 2. The molecule has 0 unspecified atom stereocenters. The van der Waals surface area contributed by atoms with Crippen molar-refractivity contribution in [3.8, 4) is 22.8 Å². The van der Waals surface area contributed by atoms with Crippen LogP contribution >= 0.6 is 0 Å². The molecule has 0 radical (unpaired) electrons. The largest absolute Gasteiger partial charge is 0.493 e. The molecule has 4 aromatic rings. The van der Waals surface area contributed by atoms with Crippen molar-refractivity contribution >= 4 is 17.6 Å². The maximum absolute atomic E-state index is 13.9. The van der Waals surface area contributed by atoms with E-state index < -0.39 is 5.82 Å². The van der Waals surface area contributed by atoms with E-state index in [1.807, 2.05) is 60.7 Å². The van der Waals surface area contributed by atoms with Gasteiger partial charge in [-0.1, -0.05) is 36.4 Å². The van der Waals surface area contributed by atoms with E-state index in [0.29, 0.717) is 56.3 Å². The van der Waals surface area contributed by atoms with Crippen LogP contribution in [0.25, 0.3) is 11.3 Å². The van der Waals surface area contributed by atoms with Crippen molar-refractivity contribution in [1.82, 2.24) is 20.0 Å². The molecule has 2 amide bonds. The molecule has 1 fully saturated rings. The molecule has 9 nitrogen and oxygen atoms in total. The summed E-state index contributed by atoms with van der Waals surface area (Å²) in [5, 5.41) is 8.84. The number of halogens is 1. The van der Waals surface area contributed by atoms with Crippen LogP contribution in [0.15, 0.2) is 84.9 Å². The van der Waals surface area contributed by atoms with Gasteiger partial charge in [0.2, 0.25) is 5.91 Å². The molecule has 222 valence electrons. The minimum absolute atomic E-state index is 0.0813.